The molecular formula is C15H23NO2. The van der Waals surface area contributed by atoms with E-state index in [2.05, 4.69) is 20.8 Å². The molecule has 1 amide bonds. The molecule has 0 saturated carbocycles. The Morgan fingerprint density at radius 1 is 1.11 bits per heavy atom. The lowest BCUT2D eigenvalue weighted by molar-refractivity contribution is 0.0589. The van der Waals surface area contributed by atoms with Crippen LogP contribution in [0.2, 0.25) is 0 Å². The Hall–Kier alpha value is -1.51. The molecule has 1 aromatic rings. The molecule has 0 N–H and O–H groups in total. The zero-order chi connectivity index (χ0) is 14.1. The van der Waals surface area contributed by atoms with Gasteiger partial charge in [-0.3, -0.25) is 4.90 Å². The smallest absolute Gasteiger partial charge is 0.414 e. The van der Waals surface area contributed by atoms with E-state index in [1.54, 1.807) is 11.9 Å². The predicted octanol–water partition coefficient (Wildman–Crippen LogP) is 3.98. The zero-order valence-electron chi connectivity index (χ0n) is 12.4. The Morgan fingerprint density at radius 3 is 1.94 bits per heavy atom. The van der Waals surface area contributed by atoms with E-state index in [1.165, 1.54) is 16.7 Å². The van der Waals surface area contributed by atoms with Crippen molar-refractivity contribution in [1.82, 2.24) is 0 Å². The van der Waals surface area contributed by atoms with Gasteiger partial charge in [-0.25, -0.2) is 4.79 Å². The van der Waals surface area contributed by atoms with Gasteiger partial charge in [0, 0.05) is 12.7 Å². The van der Waals surface area contributed by atoms with E-state index >= 15 is 0 Å². The van der Waals surface area contributed by atoms with Crippen molar-refractivity contribution in [2.45, 2.75) is 47.1 Å². The molecule has 18 heavy (non-hydrogen) atoms. The van der Waals surface area contributed by atoms with Gasteiger partial charge in [0.2, 0.25) is 0 Å². The molecule has 0 fully saturated rings. The number of rotatable bonds is 1. The van der Waals surface area contributed by atoms with Crippen LogP contribution in [0.3, 0.4) is 0 Å². The summed E-state index contributed by atoms with van der Waals surface area (Å²) >= 11 is 0. The fourth-order valence-corrected chi connectivity index (χ4v) is 1.64. The molecule has 3 nitrogen and oxygen atoms in total. The van der Waals surface area contributed by atoms with Crippen LogP contribution in [0.15, 0.2) is 12.1 Å². The first-order valence-corrected chi connectivity index (χ1v) is 6.16. The zero-order valence-corrected chi connectivity index (χ0v) is 12.4. The second-order valence-electron chi connectivity index (χ2n) is 5.74. The number of carbonyl (C=O) groups is 1. The highest BCUT2D eigenvalue weighted by Crippen LogP contribution is 2.23. The number of ether oxygens (including phenoxy) is 1. The number of aryl methyl sites for hydroxylation is 2. The summed E-state index contributed by atoms with van der Waals surface area (Å²) in [7, 11) is 1.73. The topological polar surface area (TPSA) is 29.5 Å². The Kier molecular flexibility index (Phi) is 4.05. The molecule has 1 rings (SSSR count). The van der Waals surface area contributed by atoms with Crippen LogP contribution in [0.4, 0.5) is 10.5 Å². The minimum Gasteiger partial charge on any atom is -0.443 e. The molecule has 0 aliphatic heterocycles. The first kappa shape index (κ1) is 14.6. The molecule has 0 bridgehead atoms. The van der Waals surface area contributed by atoms with Crippen LogP contribution in [-0.4, -0.2) is 18.7 Å². The first-order valence-electron chi connectivity index (χ1n) is 6.16. The normalized spacial score (nSPS) is 11.3. The van der Waals surface area contributed by atoms with Gasteiger partial charge in [-0.05, 0) is 70.4 Å². The maximum absolute atomic E-state index is 12.0. The molecule has 0 aliphatic carbocycles. The Bertz CT molecular complexity index is 435. The van der Waals surface area contributed by atoms with Crippen molar-refractivity contribution < 1.29 is 9.53 Å². The van der Waals surface area contributed by atoms with Crippen LogP contribution in [0, 0.1) is 20.8 Å². The van der Waals surface area contributed by atoms with E-state index < -0.39 is 5.60 Å². The number of nitrogens with zero attached hydrogens (tertiary/aromatic N) is 1. The standard InChI is InChI=1S/C15H23NO2/c1-10-8-13(9-11(2)12(10)3)16(7)14(17)18-15(4,5)6/h8-9H,1-7H3. The molecule has 0 saturated heterocycles. The van der Waals surface area contributed by atoms with E-state index in [1.807, 2.05) is 32.9 Å². The van der Waals surface area contributed by atoms with Gasteiger partial charge in [0.1, 0.15) is 5.60 Å². The molecule has 1 aromatic carbocycles. The fourth-order valence-electron chi connectivity index (χ4n) is 1.64. The molecule has 0 aromatic heterocycles. The van der Waals surface area contributed by atoms with Crippen molar-refractivity contribution in [3.8, 4) is 0 Å². The monoisotopic (exact) mass is 249 g/mol. The maximum atomic E-state index is 12.0. The summed E-state index contributed by atoms with van der Waals surface area (Å²) in [5.74, 6) is 0. The Balaban J connectivity index is 2.97. The highest BCUT2D eigenvalue weighted by Gasteiger charge is 2.20. The van der Waals surface area contributed by atoms with E-state index in [-0.39, 0.29) is 6.09 Å². The minimum absolute atomic E-state index is 0.329. The first-order chi connectivity index (χ1) is 8.11. The second-order valence-corrected chi connectivity index (χ2v) is 5.74. The van der Waals surface area contributed by atoms with E-state index in [0.29, 0.717) is 0 Å². The third-order valence-electron chi connectivity index (χ3n) is 2.97. The summed E-state index contributed by atoms with van der Waals surface area (Å²) < 4.78 is 5.35. The van der Waals surface area contributed by atoms with Gasteiger partial charge in [0.05, 0.1) is 0 Å². The molecule has 0 atom stereocenters. The summed E-state index contributed by atoms with van der Waals surface area (Å²) in [6.45, 7) is 11.8. The van der Waals surface area contributed by atoms with Crippen LogP contribution >= 0.6 is 0 Å². The Labute approximate surface area is 110 Å². The van der Waals surface area contributed by atoms with Crippen LogP contribution in [-0.2, 0) is 4.74 Å². The minimum atomic E-state index is -0.472. The third kappa shape index (κ3) is 3.49. The Morgan fingerprint density at radius 2 is 1.56 bits per heavy atom. The fraction of sp³-hybridized carbons (Fsp3) is 0.533. The van der Waals surface area contributed by atoms with Crippen molar-refractivity contribution in [2.24, 2.45) is 0 Å². The number of hydrogen-bond donors (Lipinski definition) is 0. The van der Waals surface area contributed by atoms with Gasteiger partial charge in [0.15, 0.2) is 0 Å². The number of amides is 1. The van der Waals surface area contributed by atoms with E-state index in [0.717, 1.165) is 5.69 Å². The highest BCUT2D eigenvalue weighted by atomic mass is 16.6. The predicted molar refractivity (Wildman–Crippen MR) is 75.3 cm³/mol. The SMILES string of the molecule is Cc1cc(N(C)C(=O)OC(C)(C)C)cc(C)c1C. The summed E-state index contributed by atoms with van der Waals surface area (Å²) in [6.07, 6.45) is -0.329. The molecule has 0 unspecified atom stereocenters. The number of anilines is 1. The average molecular weight is 249 g/mol. The van der Waals surface area contributed by atoms with Gasteiger partial charge < -0.3 is 4.74 Å². The molecule has 3 heteroatoms. The van der Waals surface area contributed by atoms with Crippen molar-refractivity contribution in [3.63, 3.8) is 0 Å². The van der Waals surface area contributed by atoms with Crippen molar-refractivity contribution in [1.29, 1.82) is 0 Å². The summed E-state index contributed by atoms with van der Waals surface area (Å²) in [6, 6.07) is 4.01. The van der Waals surface area contributed by atoms with Crippen LogP contribution < -0.4 is 4.90 Å². The second kappa shape index (κ2) is 5.01. The van der Waals surface area contributed by atoms with Crippen LogP contribution in [0.1, 0.15) is 37.5 Å². The molecule has 0 spiro atoms. The molecular weight excluding hydrogens is 226 g/mol. The molecule has 0 radical (unpaired) electrons. The van der Waals surface area contributed by atoms with Gasteiger partial charge in [-0.2, -0.15) is 0 Å². The van der Waals surface area contributed by atoms with E-state index in [4.69, 9.17) is 4.74 Å². The lowest BCUT2D eigenvalue weighted by atomic mass is 10.0. The van der Waals surface area contributed by atoms with Gasteiger partial charge >= 0.3 is 6.09 Å². The average Bonchev–Trinajstić information content (AvgIpc) is 2.21. The lowest BCUT2D eigenvalue weighted by Gasteiger charge is -2.25. The van der Waals surface area contributed by atoms with E-state index in [9.17, 15) is 4.79 Å². The molecule has 0 aliphatic rings. The molecule has 100 valence electrons. The van der Waals surface area contributed by atoms with Crippen molar-refractivity contribution in [2.75, 3.05) is 11.9 Å². The van der Waals surface area contributed by atoms with Crippen LogP contribution in [0.5, 0.6) is 0 Å². The lowest BCUT2D eigenvalue weighted by Crippen LogP contribution is -2.34. The van der Waals surface area contributed by atoms with Gasteiger partial charge in [-0.15, -0.1) is 0 Å². The van der Waals surface area contributed by atoms with Gasteiger partial charge in [0.25, 0.3) is 0 Å². The quantitative estimate of drug-likeness (QED) is 0.753. The summed E-state index contributed by atoms with van der Waals surface area (Å²) in [4.78, 5) is 13.5. The maximum Gasteiger partial charge on any atom is 0.414 e. The highest BCUT2D eigenvalue weighted by molar-refractivity contribution is 5.87. The summed E-state index contributed by atoms with van der Waals surface area (Å²) in [5.41, 5.74) is 4.02. The molecule has 0 heterocycles. The number of hydrogen-bond acceptors (Lipinski definition) is 2. The van der Waals surface area contributed by atoms with Gasteiger partial charge in [-0.1, -0.05) is 0 Å². The van der Waals surface area contributed by atoms with Crippen LogP contribution in [0.25, 0.3) is 0 Å². The summed E-state index contributed by atoms with van der Waals surface area (Å²) in [5, 5.41) is 0. The number of carbonyl (C=O) groups excluding carboxylic acids is 1. The largest absolute Gasteiger partial charge is 0.443 e. The van der Waals surface area contributed by atoms with Crippen molar-refractivity contribution in [3.05, 3.63) is 28.8 Å². The third-order valence-corrected chi connectivity index (χ3v) is 2.97. The number of benzene rings is 1. The van der Waals surface area contributed by atoms with Crippen molar-refractivity contribution >= 4 is 11.8 Å².